The second kappa shape index (κ2) is 13.3. The number of rotatable bonds is 7. The number of piperazine rings is 1. The summed E-state index contributed by atoms with van der Waals surface area (Å²) >= 11 is 0. The fourth-order valence-electron chi connectivity index (χ4n) is 4.24. The topological polar surface area (TPSA) is 90.3 Å². The predicted molar refractivity (Wildman–Crippen MR) is 134 cm³/mol. The molecule has 1 heterocycles. The van der Waals surface area contributed by atoms with Crippen molar-refractivity contribution in [3.8, 4) is 5.75 Å². The van der Waals surface area contributed by atoms with Crippen LogP contribution in [0.5, 0.6) is 5.75 Å². The van der Waals surface area contributed by atoms with Crippen molar-refractivity contribution in [2.75, 3.05) is 32.8 Å². The van der Waals surface area contributed by atoms with E-state index < -0.39 is 11.9 Å². The average Bonchev–Trinajstić information content (AvgIpc) is 2.88. The van der Waals surface area contributed by atoms with Crippen LogP contribution in [0.2, 0.25) is 0 Å². The Bertz CT molecular complexity index is 1020. The summed E-state index contributed by atoms with van der Waals surface area (Å²) in [6.07, 6.45) is 0. The first-order chi connectivity index (χ1) is 17.0. The van der Waals surface area contributed by atoms with Crippen LogP contribution in [0, 0.1) is 0 Å². The molecule has 0 bridgehead atoms. The second-order valence-electron chi connectivity index (χ2n) is 8.19. The Labute approximate surface area is 206 Å². The Morgan fingerprint density at radius 2 is 1.26 bits per heavy atom. The zero-order valence-electron chi connectivity index (χ0n) is 19.9. The minimum atomic E-state index is -1.82. The molecule has 35 heavy (non-hydrogen) atoms. The van der Waals surface area contributed by atoms with Crippen molar-refractivity contribution in [2.45, 2.75) is 19.5 Å². The molecule has 0 aliphatic carbocycles. The molecule has 184 valence electrons. The van der Waals surface area contributed by atoms with Crippen LogP contribution in [0.4, 0.5) is 0 Å². The van der Waals surface area contributed by atoms with Crippen molar-refractivity contribution in [1.29, 1.82) is 0 Å². The van der Waals surface area contributed by atoms with Crippen molar-refractivity contribution in [3.63, 3.8) is 0 Å². The van der Waals surface area contributed by atoms with E-state index in [9.17, 15) is 0 Å². The van der Waals surface area contributed by atoms with Crippen LogP contribution in [0.25, 0.3) is 0 Å². The molecule has 7 nitrogen and oxygen atoms in total. The maximum Gasteiger partial charge on any atom is 0.414 e. The predicted octanol–water partition coefficient (Wildman–Crippen LogP) is 4.15. The molecule has 7 heteroatoms. The Balaban J connectivity index is 0.000000509. The number of para-hydroxylation sites is 1. The Hall–Kier alpha value is -3.68. The molecule has 0 amide bonds. The van der Waals surface area contributed by atoms with E-state index in [-0.39, 0.29) is 0 Å². The van der Waals surface area contributed by atoms with E-state index in [1.54, 1.807) is 0 Å². The van der Waals surface area contributed by atoms with Gasteiger partial charge in [-0.3, -0.25) is 9.80 Å². The standard InChI is InChI=1S/C26H30N2O.C2H2O4/c1-2-29-25-16-10-9-15-24(25)21-27-17-19-28(20-18-27)26(22-11-5-3-6-12-22)23-13-7-4-8-14-23;3-1(4)2(5)6/h3-16,26H,2,17-21H2,1H3;(H,3,4)(H,5,6). The quantitative estimate of drug-likeness (QED) is 0.495. The van der Waals surface area contributed by atoms with Crippen LogP contribution in [0.3, 0.4) is 0 Å². The summed E-state index contributed by atoms with van der Waals surface area (Å²) < 4.78 is 5.82. The molecule has 1 saturated heterocycles. The Morgan fingerprint density at radius 3 is 1.74 bits per heavy atom. The largest absolute Gasteiger partial charge is 0.494 e. The minimum absolute atomic E-state index is 0.315. The molecule has 1 aliphatic heterocycles. The highest BCUT2D eigenvalue weighted by Gasteiger charge is 2.26. The van der Waals surface area contributed by atoms with Gasteiger partial charge in [-0.2, -0.15) is 0 Å². The molecule has 4 rings (SSSR count). The molecule has 0 aromatic heterocycles. The molecule has 1 aliphatic rings. The molecule has 1 fully saturated rings. The monoisotopic (exact) mass is 476 g/mol. The summed E-state index contributed by atoms with van der Waals surface area (Å²) in [5.41, 5.74) is 4.02. The van der Waals surface area contributed by atoms with E-state index >= 15 is 0 Å². The van der Waals surface area contributed by atoms with Gasteiger partial charge in [0.2, 0.25) is 0 Å². The van der Waals surface area contributed by atoms with E-state index in [2.05, 4.69) is 94.7 Å². The molecule has 3 aromatic carbocycles. The fourth-order valence-corrected chi connectivity index (χ4v) is 4.24. The first-order valence-corrected chi connectivity index (χ1v) is 11.7. The summed E-state index contributed by atoms with van der Waals surface area (Å²) in [5.74, 6) is -2.63. The van der Waals surface area contributed by atoms with E-state index in [0.717, 1.165) is 38.5 Å². The van der Waals surface area contributed by atoms with Gasteiger partial charge in [-0.25, -0.2) is 9.59 Å². The summed E-state index contributed by atoms with van der Waals surface area (Å²) in [6.45, 7) is 7.96. The summed E-state index contributed by atoms with van der Waals surface area (Å²) in [4.78, 5) is 23.4. The van der Waals surface area contributed by atoms with E-state index in [1.165, 1.54) is 16.7 Å². The van der Waals surface area contributed by atoms with Gasteiger partial charge < -0.3 is 14.9 Å². The third-order valence-electron chi connectivity index (χ3n) is 5.85. The number of benzene rings is 3. The molecule has 0 radical (unpaired) electrons. The number of aliphatic carboxylic acids is 2. The normalized spacial score (nSPS) is 14.1. The maximum absolute atomic E-state index is 9.10. The van der Waals surface area contributed by atoms with Gasteiger partial charge in [0, 0.05) is 38.3 Å². The number of carboxylic acid groups (broad SMARTS) is 2. The molecule has 3 aromatic rings. The fraction of sp³-hybridized carbons (Fsp3) is 0.286. The summed E-state index contributed by atoms with van der Waals surface area (Å²) in [5, 5.41) is 14.8. The van der Waals surface area contributed by atoms with Gasteiger partial charge in [0.05, 0.1) is 12.6 Å². The van der Waals surface area contributed by atoms with Crippen molar-refractivity contribution < 1.29 is 24.5 Å². The number of ether oxygens (including phenoxy) is 1. The van der Waals surface area contributed by atoms with Gasteiger partial charge in [0.1, 0.15) is 5.75 Å². The lowest BCUT2D eigenvalue weighted by molar-refractivity contribution is -0.159. The number of hydrogen-bond acceptors (Lipinski definition) is 5. The van der Waals surface area contributed by atoms with Crippen molar-refractivity contribution in [2.24, 2.45) is 0 Å². The zero-order chi connectivity index (χ0) is 25.0. The van der Waals surface area contributed by atoms with E-state index in [0.29, 0.717) is 12.6 Å². The van der Waals surface area contributed by atoms with Crippen LogP contribution in [-0.4, -0.2) is 64.7 Å². The lowest BCUT2D eigenvalue weighted by Crippen LogP contribution is -2.47. The molecule has 0 atom stereocenters. The smallest absolute Gasteiger partial charge is 0.414 e. The third-order valence-corrected chi connectivity index (χ3v) is 5.85. The second-order valence-corrected chi connectivity index (χ2v) is 8.19. The first kappa shape index (κ1) is 25.9. The number of nitrogens with zero attached hydrogens (tertiary/aromatic N) is 2. The Morgan fingerprint density at radius 1 is 0.771 bits per heavy atom. The van der Waals surface area contributed by atoms with E-state index in [4.69, 9.17) is 24.5 Å². The van der Waals surface area contributed by atoms with Gasteiger partial charge in [-0.15, -0.1) is 0 Å². The van der Waals surface area contributed by atoms with Gasteiger partial charge in [-0.1, -0.05) is 78.9 Å². The number of hydrogen-bond donors (Lipinski definition) is 2. The lowest BCUT2D eigenvalue weighted by Gasteiger charge is -2.40. The summed E-state index contributed by atoms with van der Waals surface area (Å²) in [6, 6.07) is 30.5. The third kappa shape index (κ3) is 7.67. The van der Waals surface area contributed by atoms with Gasteiger partial charge in [-0.05, 0) is 24.1 Å². The average molecular weight is 477 g/mol. The molecule has 0 spiro atoms. The summed E-state index contributed by atoms with van der Waals surface area (Å²) in [7, 11) is 0. The minimum Gasteiger partial charge on any atom is -0.494 e. The highest BCUT2D eigenvalue weighted by molar-refractivity contribution is 6.27. The molecular formula is C28H32N2O5. The van der Waals surface area contributed by atoms with Crippen LogP contribution in [-0.2, 0) is 16.1 Å². The van der Waals surface area contributed by atoms with Crippen molar-refractivity contribution >= 4 is 11.9 Å². The van der Waals surface area contributed by atoms with Crippen molar-refractivity contribution in [1.82, 2.24) is 9.80 Å². The highest BCUT2D eigenvalue weighted by atomic mass is 16.5. The van der Waals surface area contributed by atoms with Crippen LogP contribution in [0.1, 0.15) is 29.7 Å². The molecule has 0 saturated carbocycles. The first-order valence-electron chi connectivity index (χ1n) is 11.7. The SMILES string of the molecule is CCOc1ccccc1CN1CCN(C(c2ccccc2)c2ccccc2)CC1.O=C(O)C(=O)O. The van der Waals surface area contributed by atoms with Gasteiger partial charge >= 0.3 is 11.9 Å². The lowest BCUT2D eigenvalue weighted by atomic mass is 9.96. The number of carbonyl (C=O) groups is 2. The van der Waals surface area contributed by atoms with Gasteiger partial charge in [0.15, 0.2) is 0 Å². The van der Waals surface area contributed by atoms with Crippen LogP contribution in [0.15, 0.2) is 84.9 Å². The Kier molecular flexibility index (Phi) is 9.83. The van der Waals surface area contributed by atoms with Crippen molar-refractivity contribution in [3.05, 3.63) is 102 Å². The van der Waals surface area contributed by atoms with Crippen LogP contribution >= 0.6 is 0 Å². The van der Waals surface area contributed by atoms with E-state index in [1.807, 2.05) is 6.92 Å². The maximum atomic E-state index is 9.10. The molecular weight excluding hydrogens is 444 g/mol. The zero-order valence-corrected chi connectivity index (χ0v) is 19.9. The highest BCUT2D eigenvalue weighted by Crippen LogP contribution is 2.30. The number of carboxylic acids is 2. The molecule has 0 unspecified atom stereocenters. The van der Waals surface area contributed by atoms with Crippen LogP contribution < -0.4 is 4.74 Å². The molecule has 2 N–H and O–H groups in total. The van der Waals surface area contributed by atoms with Gasteiger partial charge in [0.25, 0.3) is 0 Å².